The van der Waals surface area contributed by atoms with Crippen molar-refractivity contribution >= 4 is 11.6 Å². The molecule has 0 spiro atoms. The van der Waals surface area contributed by atoms with Crippen LogP contribution in [-0.2, 0) is 6.54 Å². The zero-order valence-corrected chi connectivity index (χ0v) is 12.3. The average molecular weight is 300 g/mol. The SMILES string of the molecule is Cc1nn(Cc2ccc(Cl)cc2)c(=O)n1-c1ccccc1. The molecule has 0 saturated carbocycles. The second-order valence-corrected chi connectivity index (χ2v) is 5.22. The van der Waals surface area contributed by atoms with Gasteiger partial charge in [0.25, 0.3) is 0 Å². The van der Waals surface area contributed by atoms with Gasteiger partial charge in [0.15, 0.2) is 0 Å². The highest BCUT2D eigenvalue weighted by Crippen LogP contribution is 2.11. The van der Waals surface area contributed by atoms with Crippen molar-refractivity contribution in [3.63, 3.8) is 0 Å². The van der Waals surface area contributed by atoms with Crippen LogP contribution in [-0.4, -0.2) is 14.3 Å². The van der Waals surface area contributed by atoms with E-state index in [-0.39, 0.29) is 5.69 Å². The molecule has 4 nitrogen and oxygen atoms in total. The van der Waals surface area contributed by atoms with E-state index in [4.69, 9.17) is 11.6 Å². The second-order valence-electron chi connectivity index (χ2n) is 4.78. The Hall–Kier alpha value is -2.33. The van der Waals surface area contributed by atoms with Crippen molar-refractivity contribution in [1.29, 1.82) is 0 Å². The lowest BCUT2D eigenvalue weighted by Gasteiger charge is -2.02. The Kier molecular flexibility index (Phi) is 3.62. The third-order valence-electron chi connectivity index (χ3n) is 3.26. The molecule has 0 bridgehead atoms. The van der Waals surface area contributed by atoms with E-state index in [1.54, 1.807) is 4.57 Å². The van der Waals surface area contributed by atoms with Crippen LogP contribution in [0.4, 0.5) is 0 Å². The van der Waals surface area contributed by atoms with E-state index in [1.807, 2.05) is 61.5 Å². The van der Waals surface area contributed by atoms with Gasteiger partial charge in [0, 0.05) is 5.02 Å². The highest BCUT2D eigenvalue weighted by atomic mass is 35.5. The predicted octanol–water partition coefficient (Wildman–Crippen LogP) is 3.04. The molecule has 1 heterocycles. The lowest BCUT2D eigenvalue weighted by atomic mass is 10.2. The van der Waals surface area contributed by atoms with Gasteiger partial charge in [0.05, 0.1) is 12.2 Å². The molecule has 0 fully saturated rings. The van der Waals surface area contributed by atoms with Gasteiger partial charge in [-0.2, -0.15) is 5.10 Å². The summed E-state index contributed by atoms with van der Waals surface area (Å²) in [6.45, 7) is 2.25. The van der Waals surface area contributed by atoms with Crippen LogP contribution in [0.15, 0.2) is 59.4 Å². The van der Waals surface area contributed by atoms with Crippen molar-refractivity contribution in [1.82, 2.24) is 14.3 Å². The minimum absolute atomic E-state index is 0.145. The van der Waals surface area contributed by atoms with Crippen LogP contribution in [0.2, 0.25) is 5.02 Å². The third kappa shape index (κ3) is 2.76. The van der Waals surface area contributed by atoms with Crippen molar-refractivity contribution < 1.29 is 0 Å². The molecule has 2 aromatic carbocycles. The number of hydrogen-bond donors (Lipinski definition) is 0. The number of aromatic nitrogens is 3. The van der Waals surface area contributed by atoms with Gasteiger partial charge in [-0.3, -0.25) is 0 Å². The Morgan fingerprint density at radius 2 is 1.71 bits per heavy atom. The lowest BCUT2D eigenvalue weighted by molar-refractivity contribution is 0.651. The molecular formula is C16H14ClN3O. The molecule has 21 heavy (non-hydrogen) atoms. The predicted molar refractivity (Wildman–Crippen MR) is 83.1 cm³/mol. The normalized spacial score (nSPS) is 10.8. The Balaban J connectivity index is 1.99. The molecule has 0 aliphatic carbocycles. The number of halogens is 1. The topological polar surface area (TPSA) is 39.8 Å². The van der Waals surface area contributed by atoms with Crippen LogP contribution >= 0.6 is 11.6 Å². The van der Waals surface area contributed by atoms with Gasteiger partial charge < -0.3 is 0 Å². The minimum Gasteiger partial charge on any atom is -0.247 e. The van der Waals surface area contributed by atoms with Crippen LogP contribution in [0.25, 0.3) is 5.69 Å². The van der Waals surface area contributed by atoms with E-state index in [2.05, 4.69) is 5.10 Å². The molecule has 0 amide bonds. The van der Waals surface area contributed by atoms with E-state index >= 15 is 0 Å². The summed E-state index contributed by atoms with van der Waals surface area (Å²) in [4.78, 5) is 12.5. The molecular weight excluding hydrogens is 286 g/mol. The lowest BCUT2D eigenvalue weighted by Crippen LogP contribution is -2.24. The molecule has 5 heteroatoms. The summed E-state index contributed by atoms with van der Waals surface area (Å²) in [7, 11) is 0. The standard InChI is InChI=1S/C16H14ClN3O/c1-12-18-19(11-13-7-9-14(17)10-8-13)16(21)20(12)15-5-3-2-4-6-15/h2-10H,11H2,1H3. The maximum atomic E-state index is 12.5. The summed E-state index contributed by atoms with van der Waals surface area (Å²) in [6, 6.07) is 16.9. The van der Waals surface area contributed by atoms with Crippen molar-refractivity contribution in [3.05, 3.63) is 81.5 Å². The molecule has 0 N–H and O–H groups in total. The van der Waals surface area contributed by atoms with Gasteiger partial charge in [-0.05, 0) is 36.8 Å². The Morgan fingerprint density at radius 3 is 2.38 bits per heavy atom. The van der Waals surface area contributed by atoms with E-state index < -0.39 is 0 Å². The maximum Gasteiger partial charge on any atom is 0.350 e. The smallest absolute Gasteiger partial charge is 0.247 e. The van der Waals surface area contributed by atoms with Gasteiger partial charge >= 0.3 is 5.69 Å². The summed E-state index contributed by atoms with van der Waals surface area (Å²) >= 11 is 5.87. The first-order valence-electron chi connectivity index (χ1n) is 6.61. The largest absolute Gasteiger partial charge is 0.350 e. The Morgan fingerprint density at radius 1 is 1.05 bits per heavy atom. The van der Waals surface area contributed by atoms with Crippen molar-refractivity contribution in [3.8, 4) is 5.69 Å². The monoisotopic (exact) mass is 299 g/mol. The Labute approximate surface area is 127 Å². The zero-order valence-electron chi connectivity index (χ0n) is 11.5. The maximum absolute atomic E-state index is 12.5. The Bertz CT molecular complexity index is 804. The highest BCUT2D eigenvalue weighted by molar-refractivity contribution is 6.30. The third-order valence-corrected chi connectivity index (χ3v) is 3.51. The van der Waals surface area contributed by atoms with Crippen LogP contribution in [0.1, 0.15) is 11.4 Å². The zero-order chi connectivity index (χ0) is 14.8. The van der Waals surface area contributed by atoms with E-state index in [0.717, 1.165) is 11.3 Å². The van der Waals surface area contributed by atoms with Gasteiger partial charge in [-0.15, -0.1) is 0 Å². The molecule has 1 aromatic heterocycles. The molecule has 0 unspecified atom stereocenters. The van der Waals surface area contributed by atoms with Crippen molar-refractivity contribution in [2.24, 2.45) is 0 Å². The summed E-state index contributed by atoms with van der Waals surface area (Å²) in [5, 5.41) is 5.02. The number of rotatable bonds is 3. The number of para-hydroxylation sites is 1. The van der Waals surface area contributed by atoms with Gasteiger partial charge in [-0.1, -0.05) is 41.9 Å². The van der Waals surface area contributed by atoms with E-state index in [1.165, 1.54) is 4.68 Å². The molecule has 0 radical (unpaired) electrons. The molecule has 0 aliphatic heterocycles. The summed E-state index contributed by atoms with van der Waals surface area (Å²) in [5.41, 5.74) is 1.66. The number of aryl methyl sites for hydroxylation is 1. The summed E-state index contributed by atoms with van der Waals surface area (Å²) in [5.74, 6) is 0.667. The number of benzene rings is 2. The first-order chi connectivity index (χ1) is 10.1. The quantitative estimate of drug-likeness (QED) is 0.746. The molecule has 3 aromatic rings. The second kappa shape index (κ2) is 5.58. The van der Waals surface area contributed by atoms with Gasteiger partial charge in [-0.25, -0.2) is 14.0 Å². The van der Waals surface area contributed by atoms with Crippen LogP contribution in [0.3, 0.4) is 0 Å². The fraction of sp³-hybridized carbons (Fsp3) is 0.125. The first kappa shape index (κ1) is 13.6. The van der Waals surface area contributed by atoms with Gasteiger partial charge in [0.2, 0.25) is 0 Å². The number of hydrogen-bond acceptors (Lipinski definition) is 2. The van der Waals surface area contributed by atoms with E-state index in [9.17, 15) is 4.79 Å². The van der Waals surface area contributed by atoms with Crippen LogP contribution < -0.4 is 5.69 Å². The average Bonchev–Trinajstić information content (AvgIpc) is 2.77. The van der Waals surface area contributed by atoms with E-state index in [0.29, 0.717) is 17.4 Å². The molecule has 3 rings (SSSR count). The van der Waals surface area contributed by atoms with Gasteiger partial charge in [0.1, 0.15) is 5.82 Å². The molecule has 0 atom stereocenters. The molecule has 0 saturated heterocycles. The molecule has 106 valence electrons. The van der Waals surface area contributed by atoms with Crippen molar-refractivity contribution in [2.45, 2.75) is 13.5 Å². The first-order valence-corrected chi connectivity index (χ1v) is 6.99. The fourth-order valence-electron chi connectivity index (χ4n) is 2.26. The van der Waals surface area contributed by atoms with Crippen LogP contribution in [0, 0.1) is 6.92 Å². The summed E-state index contributed by atoms with van der Waals surface area (Å²) < 4.78 is 3.07. The fourth-order valence-corrected chi connectivity index (χ4v) is 2.38. The molecule has 0 aliphatic rings. The minimum atomic E-state index is -0.145. The van der Waals surface area contributed by atoms with Crippen molar-refractivity contribution in [2.75, 3.05) is 0 Å². The number of nitrogens with zero attached hydrogens (tertiary/aromatic N) is 3. The summed E-state index contributed by atoms with van der Waals surface area (Å²) in [6.07, 6.45) is 0. The highest BCUT2D eigenvalue weighted by Gasteiger charge is 2.11. The van der Waals surface area contributed by atoms with Crippen LogP contribution in [0.5, 0.6) is 0 Å².